The van der Waals surface area contributed by atoms with E-state index in [1.54, 1.807) is 32.2 Å². The third-order valence-corrected chi connectivity index (χ3v) is 4.05. The molecule has 0 fully saturated rings. The molecule has 0 radical (unpaired) electrons. The van der Waals surface area contributed by atoms with E-state index in [1.807, 2.05) is 39.0 Å². The molecule has 0 spiro atoms. The van der Waals surface area contributed by atoms with Gasteiger partial charge in [0.05, 0.1) is 0 Å². The van der Waals surface area contributed by atoms with Crippen LogP contribution in [0.2, 0.25) is 0 Å². The number of amides is 2. The van der Waals surface area contributed by atoms with Crippen LogP contribution in [-0.4, -0.2) is 24.9 Å². The Labute approximate surface area is 148 Å². The Balaban J connectivity index is 2.10. The van der Waals surface area contributed by atoms with E-state index in [-0.39, 0.29) is 11.8 Å². The molecule has 0 heterocycles. The monoisotopic (exact) mass is 339 g/mol. The molecule has 0 aliphatic heterocycles. The van der Waals surface area contributed by atoms with Gasteiger partial charge in [0.25, 0.3) is 5.91 Å². The summed E-state index contributed by atoms with van der Waals surface area (Å²) in [5.74, 6) is -0.285. The molecule has 0 bridgehead atoms. The van der Waals surface area contributed by atoms with Crippen molar-refractivity contribution in [3.8, 4) is 0 Å². The molecule has 0 unspecified atom stereocenters. The lowest BCUT2D eigenvalue weighted by molar-refractivity contribution is -0.116. The van der Waals surface area contributed by atoms with Crippen molar-refractivity contribution in [2.45, 2.75) is 33.7 Å². The highest BCUT2D eigenvalue weighted by Crippen LogP contribution is 2.22. The van der Waals surface area contributed by atoms with Gasteiger partial charge in [-0.3, -0.25) is 9.59 Å². The number of hydrogen-bond acceptors (Lipinski definition) is 3. The van der Waals surface area contributed by atoms with Crippen molar-refractivity contribution >= 4 is 23.2 Å². The highest BCUT2D eigenvalue weighted by atomic mass is 16.2. The van der Waals surface area contributed by atoms with E-state index in [2.05, 4.69) is 16.0 Å². The number of carbonyl (C=O) groups excluding carboxylic acids is 2. The summed E-state index contributed by atoms with van der Waals surface area (Å²) in [6, 6.07) is 10.7. The molecule has 0 saturated carbocycles. The molecule has 0 aliphatic carbocycles. The number of aryl methyl sites for hydroxylation is 3. The van der Waals surface area contributed by atoms with Crippen LogP contribution in [0.3, 0.4) is 0 Å². The summed E-state index contributed by atoms with van der Waals surface area (Å²) >= 11 is 0. The van der Waals surface area contributed by atoms with Crippen LogP contribution in [0.4, 0.5) is 11.4 Å². The summed E-state index contributed by atoms with van der Waals surface area (Å²) in [5.41, 5.74) is 5.37. The van der Waals surface area contributed by atoms with Crippen LogP contribution < -0.4 is 16.0 Å². The maximum atomic E-state index is 12.5. The van der Waals surface area contributed by atoms with Crippen molar-refractivity contribution < 1.29 is 9.59 Å². The average molecular weight is 339 g/mol. The lowest BCUT2D eigenvalue weighted by atomic mass is 10.0. The predicted octanol–water partition coefficient (Wildman–Crippen LogP) is 3.41. The summed E-state index contributed by atoms with van der Waals surface area (Å²) < 4.78 is 0. The maximum absolute atomic E-state index is 12.5. The van der Waals surface area contributed by atoms with Crippen molar-refractivity contribution in [1.82, 2.24) is 5.32 Å². The van der Waals surface area contributed by atoms with E-state index in [0.29, 0.717) is 5.56 Å². The van der Waals surface area contributed by atoms with Crippen LogP contribution in [0.15, 0.2) is 36.4 Å². The second-order valence-electron chi connectivity index (χ2n) is 6.29. The Morgan fingerprint density at radius 3 is 2.24 bits per heavy atom. The molecule has 0 saturated heterocycles. The third kappa shape index (κ3) is 4.59. The molecule has 25 heavy (non-hydrogen) atoms. The van der Waals surface area contributed by atoms with Gasteiger partial charge in [0.15, 0.2) is 0 Å². The Morgan fingerprint density at radius 2 is 1.64 bits per heavy atom. The molecule has 2 amide bonds. The van der Waals surface area contributed by atoms with Crippen molar-refractivity contribution in [3.63, 3.8) is 0 Å². The van der Waals surface area contributed by atoms with Crippen LogP contribution in [0.25, 0.3) is 0 Å². The Morgan fingerprint density at radius 1 is 1.00 bits per heavy atom. The number of nitrogens with one attached hydrogen (secondary N) is 3. The van der Waals surface area contributed by atoms with Crippen LogP contribution >= 0.6 is 0 Å². The molecule has 5 heteroatoms. The predicted molar refractivity (Wildman–Crippen MR) is 102 cm³/mol. The molecule has 5 nitrogen and oxygen atoms in total. The van der Waals surface area contributed by atoms with Crippen LogP contribution in [0.5, 0.6) is 0 Å². The quantitative estimate of drug-likeness (QED) is 0.782. The SMILES string of the molecule is CNC(=O)c1cccc(N[C@H](C)C(=O)Nc2c(C)cc(C)cc2C)c1. The second-order valence-corrected chi connectivity index (χ2v) is 6.29. The lowest BCUT2D eigenvalue weighted by Crippen LogP contribution is -2.32. The van der Waals surface area contributed by atoms with Crippen LogP contribution in [0.1, 0.15) is 34.0 Å². The summed E-state index contributed by atoms with van der Waals surface area (Å²) in [6.45, 7) is 7.80. The molecule has 2 aromatic rings. The topological polar surface area (TPSA) is 70.2 Å². The summed E-state index contributed by atoms with van der Waals surface area (Å²) in [4.78, 5) is 24.2. The first-order valence-electron chi connectivity index (χ1n) is 8.29. The maximum Gasteiger partial charge on any atom is 0.251 e. The zero-order chi connectivity index (χ0) is 18.6. The highest BCUT2D eigenvalue weighted by Gasteiger charge is 2.15. The van der Waals surface area contributed by atoms with E-state index in [1.165, 1.54) is 5.56 Å². The van der Waals surface area contributed by atoms with Gasteiger partial charge in [-0.1, -0.05) is 23.8 Å². The smallest absolute Gasteiger partial charge is 0.251 e. The number of hydrogen-bond donors (Lipinski definition) is 3. The molecule has 132 valence electrons. The fourth-order valence-electron chi connectivity index (χ4n) is 2.82. The zero-order valence-corrected chi connectivity index (χ0v) is 15.4. The molecular formula is C20H25N3O2. The molecule has 0 aliphatic rings. The molecule has 2 rings (SSSR count). The van der Waals surface area contributed by atoms with Gasteiger partial charge in [0.2, 0.25) is 5.91 Å². The number of rotatable bonds is 5. The fourth-order valence-corrected chi connectivity index (χ4v) is 2.82. The van der Waals surface area contributed by atoms with Gasteiger partial charge in [0.1, 0.15) is 6.04 Å². The summed E-state index contributed by atoms with van der Waals surface area (Å²) in [6.07, 6.45) is 0. The van der Waals surface area contributed by atoms with Crippen molar-refractivity contribution in [1.29, 1.82) is 0 Å². The van der Waals surface area contributed by atoms with Crippen molar-refractivity contribution in [2.75, 3.05) is 17.7 Å². The van der Waals surface area contributed by atoms with E-state index in [0.717, 1.165) is 22.5 Å². The van der Waals surface area contributed by atoms with Crippen LogP contribution in [-0.2, 0) is 4.79 Å². The normalized spacial score (nSPS) is 11.6. The number of carbonyl (C=O) groups is 2. The third-order valence-electron chi connectivity index (χ3n) is 4.05. The van der Waals surface area contributed by atoms with E-state index >= 15 is 0 Å². The minimum atomic E-state index is -0.444. The first kappa shape index (κ1) is 18.5. The zero-order valence-electron chi connectivity index (χ0n) is 15.4. The lowest BCUT2D eigenvalue weighted by Gasteiger charge is -2.18. The summed E-state index contributed by atoms with van der Waals surface area (Å²) in [5, 5.41) is 8.72. The Hall–Kier alpha value is -2.82. The highest BCUT2D eigenvalue weighted by molar-refractivity contribution is 5.98. The second kappa shape index (κ2) is 7.83. The number of benzene rings is 2. The Bertz CT molecular complexity index is 776. The van der Waals surface area contributed by atoms with Gasteiger partial charge in [-0.25, -0.2) is 0 Å². The Kier molecular flexibility index (Phi) is 5.80. The first-order valence-corrected chi connectivity index (χ1v) is 8.29. The largest absolute Gasteiger partial charge is 0.374 e. The van der Waals surface area contributed by atoms with Crippen LogP contribution in [0, 0.1) is 20.8 Å². The summed E-state index contributed by atoms with van der Waals surface area (Å²) in [7, 11) is 1.59. The fraction of sp³-hybridized carbons (Fsp3) is 0.300. The van der Waals surface area contributed by atoms with E-state index < -0.39 is 6.04 Å². The molecule has 3 N–H and O–H groups in total. The first-order chi connectivity index (χ1) is 11.8. The minimum absolute atomic E-state index is 0.125. The van der Waals surface area contributed by atoms with Gasteiger partial charge in [0, 0.05) is 24.0 Å². The van der Waals surface area contributed by atoms with Gasteiger partial charge < -0.3 is 16.0 Å². The standard InChI is InChI=1S/C20H25N3O2/c1-12-9-13(2)18(14(3)10-12)23-19(24)15(4)22-17-8-6-7-16(11-17)20(25)21-5/h6-11,15,22H,1-5H3,(H,21,25)(H,23,24)/t15-/m1/s1. The molecular weight excluding hydrogens is 314 g/mol. The van der Waals surface area contributed by atoms with Gasteiger partial charge in [-0.05, 0) is 57.0 Å². The van der Waals surface area contributed by atoms with Gasteiger partial charge in [-0.2, -0.15) is 0 Å². The molecule has 1 atom stereocenters. The molecule has 2 aromatic carbocycles. The molecule has 0 aromatic heterocycles. The van der Waals surface area contributed by atoms with Crippen molar-refractivity contribution in [3.05, 3.63) is 58.7 Å². The van der Waals surface area contributed by atoms with E-state index in [4.69, 9.17) is 0 Å². The van der Waals surface area contributed by atoms with Crippen molar-refractivity contribution in [2.24, 2.45) is 0 Å². The van der Waals surface area contributed by atoms with Gasteiger partial charge >= 0.3 is 0 Å². The van der Waals surface area contributed by atoms with E-state index in [9.17, 15) is 9.59 Å². The average Bonchev–Trinajstić information content (AvgIpc) is 2.57. The number of anilines is 2. The van der Waals surface area contributed by atoms with Gasteiger partial charge in [-0.15, -0.1) is 0 Å². The minimum Gasteiger partial charge on any atom is -0.374 e.